The number of rotatable bonds is 3. The molecule has 0 spiro atoms. The third kappa shape index (κ3) is 3.00. The smallest absolute Gasteiger partial charge is 0.0642 e. The molecule has 1 unspecified atom stereocenters. The molecule has 1 aromatic rings. The molecular weight excluding hydrogens is 280 g/mol. The van der Waals surface area contributed by atoms with Gasteiger partial charge in [0, 0.05) is 23.2 Å². The number of morpholine rings is 1. The molecule has 0 saturated carbocycles. The first-order valence-corrected chi connectivity index (χ1v) is 6.84. The molecule has 94 valence electrons. The van der Waals surface area contributed by atoms with Gasteiger partial charge in [-0.1, -0.05) is 22.9 Å². The Morgan fingerprint density at radius 3 is 2.76 bits per heavy atom. The van der Waals surface area contributed by atoms with E-state index >= 15 is 0 Å². The maximum absolute atomic E-state index is 5.79. The molecule has 1 aliphatic heterocycles. The minimum absolute atomic E-state index is 0.380. The van der Waals surface area contributed by atoms with Crippen LogP contribution in [0.4, 0.5) is 5.69 Å². The van der Waals surface area contributed by atoms with Crippen molar-refractivity contribution in [1.29, 1.82) is 0 Å². The van der Waals surface area contributed by atoms with Crippen LogP contribution in [0.5, 0.6) is 0 Å². The SMILES string of the molecule is CC(CN)c1cc(Br)ccc1N1CCOCC1. The fraction of sp³-hybridized carbons (Fsp3) is 0.538. The molecule has 4 heteroatoms. The second-order valence-corrected chi connectivity index (χ2v) is 5.35. The number of ether oxygens (including phenoxy) is 1. The predicted molar refractivity (Wildman–Crippen MR) is 74.6 cm³/mol. The molecular formula is C13H19BrN2O. The summed E-state index contributed by atoms with van der Waals surface area (Å²) in [6.07, 6.45) is 0. The van der Waals surface area contributed by atoms with Crippen LogP contribution < -0.4 is 10.6 Å². The van der Waals surface area contributed by atoms with Crippen molar-refractivity contribution in [1.82, 2.24) is 0 Å². The van der Waals surface area contributed by atoms with Gasteiger partial charge in [0.1, 0.15) is 0 Å². The van der Waals surface area contributed by atoms with Gasteiger partial charge in [0.25, 0.3) is 0 Å². The van der Waals surface area contributed by atoms with E-state index in [1.165, 1.54) is 11.3 Å². The molecule has 1 heterocycles. The van der Waals surface area contributed by atoms with Gasteiger partial charge in [-0.15, -0.1) is 0 Å². The Morgan fingerprint density at radius 2 is 2.12 bits per heavy atom. The molecule has 0 aliphatic carbocycles. The minimum Gasteiger partial charge on any atom is -0.378 e. The van der Waals surface area contributed by atoms with E-state index in [1.54, 1.807) is 0 Å². The molecule has 3 nitrogen and oxygen atoms in total. The van der Waals surface area contributed by atoms with Gasteiger partial charge >= 0.3 is 0 Å². The van der Waals surface area contributed by atoms with Gasteiger partial charge in [0.2, 0.25) is 0 Å². The van der Waals surface area contributed by atoms with Gasteiger partial charge in [-0.3, -0.25) is 0 Å². The van der Waals surface area contributed by atoms with E-state index in [0.717, 1.165) is 30.8 Å². The second-order valence-electron chi connectivity index (χ2n) is 4.44. The quantitative estimate of drug-likeness (QED) is 0.931. The molecule has 1 aromatic carbocycles. The van der Waals surface area contributed by atoms with E-state index in [4.69, 9.17) is 10.5 Å². The van der Waals surface area contributed by atoms with Crippen LogP contribution in [-0.4, -0.2) is 32.8 Å². The topological polar surface area (TPSA) is 38.5 Å². The highest BCUT2D eigenvalue weighted by atomic mass is 79.9. The molecule has 17 heavy (non-hydrogen) atoms. The van der Waals surface area contributed by atoms with E-state index in [2.05, 4.69) is 46.0 Å². The summed E-state index contributed by atoms with van der Waals surface area (Å²) < 4.78 is 6.51. The van der Waals surface area contributed by atoms with Crippen molar-refractivity contribution in [3.05, 3.63) is 28.2 Å². The number of nitrogens with two attached hydrogens (primary N) is 1. The molecule has 0 amide bonds. The minimum atomic E-state index is 0.380. The van der Waals surface area contributed by atoms with E-state index in [1.807, 2.05) is 0 Å². The fourth-order valence-electron chi connectivity index (χ4n) is 2.14. The maximum atomic E-state index is 5.79. The summed E-state index contributed by atoms with van der Waals surface area (Å²) in [7, 11) is 0. The van der Waals surface area contributed by atoms with Gasteiger partial charge in [-0.25, -0.2) is 0 Å². The number of benzene rings is 1. The Hall–Kier alpha value is -0.580. The molecule has 0 radical (unpaired) electrons. The Morgan fingerprint density at radius 1 is 1.41 bits per heavy atom. The highest BCUT2D eigenvalue weighted by Gasteiger charge is 2.17. The number of anilines is 1. The van der Waals surface area contributed by atoms with Crippen molar-refractivity contribution in [3.8, 4) is 0 Å². The van der Waals surface area contributed by atoms with Gasteiger partial charge < -0.3 is 15.4 Å². The lowest BCUT2D eigenvalue weighted by molar-refractivity contribution is 0.122. The van der Waals surface area contributed by atoms with Gasteiger partial charge in [0.15, 0.2) is 0 Å². The number of hydrogen-bond donors (Lipinski definition) is 1. The first-order chi connectivity index (χ1) is 8.22. The Balaban J connectivity index is 2.30. The third-order valence-electron chi connectivity index (χ3n) is 3.23. The summed E-state index contributed by atoms with van der Waals surface area (Å²) in [5.74, 6) is 0.380. The van der Waals surface area contributed by atoms with Crippen molar-refractivity contribution in [2.45, 2.75) is 12.8 Å². The summed E-state index contributed by atoms with van der Waals surface area (Å²) >= 11 is 3.53. The standard InChI is InChI=1S/C13H19BrN2O/c1-10(9-15)12-8-11(14)2-3-13(12)16-4-6-17-7-5-16/h2-3,8,10H,4-7,9,15H2,1H3. The average Bonchev–Trinajstić information content (AvgIpc) is 2.38. The zero-order chi connectivity index (χ0) is 12.3. The lowest BCUT2D eigenvalue weighted by Gasteiger charge is -2.32. The summed E-state index contributed by atoms with van der Waals surface area (Å²) in [4.78, 5) is 2.39. The summed E-state index contributed by atoms with van der Waals surface area (Å²) in [6.45, 7) is 6.40. The maximum Gasteiger partial charge on any atom is 0.0642 e. The molecule has 2 rings (SSSR count). The van der Waals surface area contributed by atoms with Crippen molar-refractivity contribution in [2.24, 2.45) is 5.73 Å². The Kier molecular flexibility index (Phi) is 4.42. The molecule has 0 bridgehead atoms. The van der Waals surface area contributed by atoms with Crippen LogP contribution in [0, 0.1) is 0 Å². The van der Waals surface area contributed by atoms with Gasteiger partial charge in [-0.2, -0.15) is 0 Å². The van der Waals surface area contributed by atoms with Crippen LogP contribution in [0.2, 0.25) is 0 Å². The predicted octanol–water partition coefficient (Wildman–Crippen LogP) is 2.35. The highest BCUT2D eigenvalue weighted by molar-refractivity contribution is 9.10. The van der Waals surface area contributed by atoms with Crippen LogP contribution in [0.25, 0.3) is 0 Å². The molecule has 2 N–H and O–H groups in total. The van der Waals surface area contributed by atoms with Crippen molar-refractivity contribution in [2.75, 3.05) is 37.7 Å². The van der Waals surface area contributed by atoms with Gasteiger partial charge in [-0.05, 0) is 36.2 Å². The zero-order valence-corrected chi connectivity index (χ0v) is 11.7. The molecule has 0 aromatic heterocycles. The lowest BCUT2D eigenvalue weighted by atomic mass is 9.98. The third-order valence-corrected chi connectivity index (χ3v) is 3.72. The monoisotopic (exact) mass is 298 g/mol. The van der Waals surface area contributed by atoms with Gasteiger partial charge in [0.05, 0.1) is 13.2 Å². The fourth-order valence-corrected chi connectivity index (χ4v) is 2.52. The van der Waals surface area contributed by atoms with Crippen LogP contribution in [0.3, 0.4) is 0 Å². The van der Waals surface area contributed by atoms with Crippen LogP contribution in [0.1, 0.15) is 18.4 Å². The second kappa shape index (κ2) is 5.85. The summed E-state index contributed by atoms with van der Waals surface area (Å²) in [6, 6.07) is 6.46. The van der Waals surface area contributed by atoms with Crippen molar-refractivity contribution >= 4 is 21.6 Å². The highest BCUT2D eigenvalue weighted by Crippen LogP contribution is 2.30. The Labute approximate surface area is 111 Å². The molecule has 1 aliphatic rings. The van der Waals surface area contributed by atoms with Crippen LogP contribution in [-0.2, 0) is 4.74 Å². The van der Waals surface area contributed by atoms with Crippen molar-refractivity contribution in [3.63, 3.8) is 0 Å². The summed E-state index contributed by atoms with van der Waals surface area (Å²) in [5.41, 5.74) is 8.42. The summed E-state index contributed by atoms with van der Waals surface area (Å²) in [5, 5.41) is 0. The zero-order valence-electron chi connectivity index (χ0n) is 10.2. The molecule has 1 saturated heterocycles. The first kappa shape index (κ1) is 12.9. The molecule has 1 atom stereocenters. The first-order valence-electron chi connectivity index (χ1n) is 6.04. The van der Waals surface area contributed by atoms with Crippen LogP contribution >= 0.6 is 15.9 Å². The van der Waals surface area contributed by atoms with Crippen molar-refractivity contribution < 1.29 is 4.74 Å². The largest absolute Gasteiger partial charge is 0.378 e. The number of nitrogens with zero attached hydrogens (tertiary/aromatic N) is 1. The normalized spacial score (nSPS) is 18.2. The number of hydrogen-bond acceptors (Lipinski definition) is 3. The van der Waals surface area contributed by atoms with E-state index in [9.17, 15) is 0 Å². The Bertz CT molecular complexity index is 378. The van der Waals surface area contributed by atoms with E-state index in [0.29, 0.717) is 12.5 Å². The molecule has 1 fully saturated rings. The lowest BCUT2D eigenvalue weighted by Crippen LogP contribution is -2.37. The van der Waals surface area contributed by atoms with E-state index < -0.39 is 0 Å². The number of halogens is 1. The van der Waals surface area contributed by atoms with Crippen LogP contribution in [0.15, 0.2) is 22.7 Å². The van der Waals surface area contributed by atoms with E-state index in [-0.39, 0.29) is 0 Å². The average molecular weight is 299 g/mol.